The Bertz CT molecular complexity index is 1450. The van der Waals surface area contributed by atoms with Crippen LogP contribution in [0.25, 0.3) is 5.69 Å². The number of anilines is 1. The molecule has 0 bridgehead atoms. The van der Waals surface area contributed by atoms with Gasteiger partial charge >= 0.3 is 12.4 Å². The Hall–Kier alpha value is -3.71. The number of halogens is 8. The molecule has 198 valence electrons. The number of ether oxygens (including phenoxy) is 2. The van der Waals surface area contributed by atoms with Crippen LogP contribution in [-0.4, -0.2) is 43.8 Å². The van der Waals surface area contributed by atoms with Crippen LogP contribution in [0.3, 0.4) is 0 Å². The number of alkyl halides is 6. The van der Waals surface area contributed by atoms with E-state index in [1.807, 2.05) is 4.72 Å². The van der Waals surface area contributed by atoms with Gasteiger partial charge in [-0.05, 0) is 30.3 Å². The Kier molecular flexibility index (Phi) is 7.79. The zero-order chi connectivity index (χ0) is 27.6. The first kappa shape index (κ1) is 27.9. The van der Waals surface area contributed by atoms with Gasteiger partial charge in [0.1, 0.15) is 33.8 Å². The van der Waals surface area contributed by atoms with E-state index in [-0.39, 0.29) is 16.3 Å². The molecule has 0 saturated heterocycles. The van der Waals surface area contributed by atoms with Crippen LogP contribution in [0.15, 0.2) is 47.5 Å². The molecule has 0 fully saturated rings. The molecule has 0 aliphatic heterocycles. The summed E-state index contributed by atoms with van der Waals surface area (Å²) in [6.07, 6.45) is -8.75. The predicted molar refractivity (Wildman–Crippen MR) is 114 cm³/mol. The second kappa shape index (κ2) is 10.3. The van der Waals surface area contributed by atoms with Crippen LogP contribution in [0.4, 0.5) is 36.6 Å². The molecule has 0 aliphatic carbocycles. The Balaban J connectivity index is 2.07. The van der Waals surface area contributed by atoms with Gasteiger partial charge in [0, 0.05) is 6.07 Å². The van der Waals surface area contributed by atoms with Gasteiger partial charge < -0.3 is 9.47 Å². The van der Waals surface area contributed by atoms with Crippen molar-refractivity contribution in [1.82, 2.24) is 9.78 Å². The zero-order valence-corrected chi connectivity index (χ0v) is 19.4. The maximum Gasteiger partial charge on any atom is 0.422 e. The molecule has 0 aliphatic rings. The highest BCUT2D eigenvalue weighted by Gasteiger charge is 2.32. The van der Waals surface area contributed by atoms with Crippen molar-refractivity contribution in [1.29, 1.82) is 5.26 Å². The van der Waals surface area contributed by atoms with E-state index in [4.69, 9.17) is 11.6 Å². The fourth-order valence-electron chi connectivity index (χ4n) is 2.76. The van der Waals surface area contributed by atoms with Crippen molar-refractivity contribution in [3.05, 3.63) is 59.0 Å². The summed E-state index contributed by atoms with van der Waals surface area (Å²) in [5, 5.41) is 12.8. The van der Waals surface area contributed by atoms with E-state index in [1.54, 1.807) is 6.07 Å². The topological polar surface area (TPSA) is 106 Å². The fourth-order valence-corrected chi connectivity index (χ4v) is 4.15. The number of nitriles is 1. The van der Waals surface area contributed by atoms with Gasteiger partial charge in [-0.15, -0.1) is 0 Å². The van der Waals surface area contributed by atoms with Gasteiger partial charge in [-0.3, -0.25) is 4.72 Å². The van der Waals surface area contributed by atoms with Gasteiger partial charge in [-0.1, -0.05) is 11.6 Å². The molecule has 8 nitrogen and oxygen atoms in total. The molecule has 0 atom stereocenters. The number of sulfonamides is 1. The van der Waals surface area contributed by atoms with E-state index in [0.29, 0.717) is 12.1 Å². The van der Waals surface area contributed by atoms with E-state index in [0.717, 1.165) is 35.1 Å². The van der Waals surface area contributed by atoms with Crippen LogP contribution in [0.2, 0.25) is 5.02 Å². The van der Waals surface area contributed by atoms with Crippen molar-refractivity contribution < 1.29 is 48.6 Å². The second-order valence-electron chi connectivity index (χ2n) is 7.05. The number of benzene rings is 2. The number of hydrogen-bond donors (Lipinski definition) is 1. The molecule has 0 unspecified atom stereocenters. The summed E-state index contributed by atoms with van der Waals surface area (Å²) in [6.45, 7) is -3.74. The quantitative estimate of drug-likeness (QED) is 0.371. The Labute approximate surface area is 208 Å². The minimum absolute atomic E-state index is 0.0126. The molecule has 37 heavy (non-hydrogen) atoms. The van der Waals surface area contributed by atoms with Crippen LogP contribution < -0.4 is 14.2 Å². The highest BCUT2D eigenvalue weighted by Crippen LogP contribution is 2.33. The maximum absolute atomic E-state index is 13.6. The average molecular weight is 573 g/mol. The van der Waals surface area contributed by atoms with Crippen LogP contribution >= 0.6 is 11.6 Å². The predicted octanol–water partition coefficient (Wildman–Crippen LogP) is 5.22. The van der Waals surface area contributed by atoms with Crippen molar-refractivity contribution in [2.45, 2.75) is 17.2 Å². The largest absolute Gasteiger partial charge is 0.484 e. The average Bonchev–Trinajstić information content (AvgIpc) is 3.19. The van der Waals surface area contributed by atoms with E-state index in [9.17, 15) is 44.4 Å². The summed E-state index contributed by atoms with van der Waals surface area (Å²) in [6, 6.07) is 6.72. The van der Waals surface area contributed by atoms with Gasteiger partial charge in [0.25, 0.3) is 10.0 Å². The number of aromatic nitrogens is 2. The lowest BCUT2D eigenvalue weighted by molar-refractivity contribution is -0.154. The molecule has 3 aromatic rings. The van der Waals surface area contributed by atoms with Gasteiger partial charge in [-0.25, -0.2) is 17.5 Å². The SMILES string of the molecule is N#Cc1cnn(-c2ccc(F)c(Cl)c2)c1NS(=O)(=O)c1cc(OCC(F)(F)F)ccc1OCC(F)(F)F. The molecular formula is C20H12ClF7N4O4S. The minimum atomic E-state index is -4.96. The van der Waals surface area contributed by atoms with Crippen LogP contribution in [0.1, 0.15) is 5.56 Å². The molecule has 0 spiro atoms. The van der Waals surface area contributed by atoms with E-state index in [1.165, 1.54) is 0 Å². The molecule has 0 amide bonds. The lowest BCUT2D eigenvalue weighted by atomic mass is 10.3. The van der Waals surface area contributed by atoms with E-state index in [2.05, 4.69) is 14.6 Å². The van der Waals surface area contributed by atoms with E-state index >= 15 is 0 Å². The fraction of sp³-hybridized carbons (Fsp3) is 0.200. The minimum Gasteiger partial charge on any atom is -0.484 e. The first-order valence-electron chi connectivity index (χ1n) is 9.59. The van der Waals surface area contributed by atoms with Crippen molar-refractivity contribution in [3.63, 3.8) is 0 Å². The molecule has 3 rings (SSSR count). The molecule has 1 N–H and O–H groups in total. The maximum atomic E-state index is 13.6. The molecule has 17 heteroatoms. The van der Waals surface area contributed by atoms with Crippen molar-refractivity contribution in [2.24, 2.45) is 0 Å². The van der Waals surface area contributed by atoms with Gasteiger partial charge in [0.05, 0.1) is 16.9 Å². The number of nitrogens with zero attached hydrogens (tertiary/aromatic N) is 3. The van der Waals surface area contributed by atoms with Gasteiger partial charge in [-0.2, -0.15) is 36.7 Å². The summed E-state index contributed by atoms with van der Waals surface area (Å²) in [5.41, 5.74) is -0.382. The van der Waals surface area contributed by atoms with Crippen LogP contribution in [0, 0.1) is 17.1 Å². The standard InChI is InChI=1S/C20H12ClF7N4O4S/c21-14-5-12(1-3-15(14)22)32-18(11(7-29)8-30-32)31-37(33,34)17-6-13(35-9-19(23,24)25)2-4-16(17)36-10-20(26,27)28/h1-6,8,31H,9-10H2. The number of rotatable bonds is 8. The molecule has 2 aromatic carbocycles. The Morgan fingerprint density at radius 3 is 2.27 bits per heavy atom. The van der Waals surface area contributed by atoms with Gasteiger partial charge in [0.2, 0.25) is 0 Å². The van der Waals surface area contributed by atoms with Gasteiger partial charge in [0.15, 0.2) is 19.0 Å². The number of nitrogens with one attached hydrogen (secondary N) is 1. The summed E-state index contributed by atoms with van der Waals surface area (Å²) >= 11 is 5.74. The molecule has 0 radical (unpaired) electrons. The highest BCUT2D eigenvalue weighted by molar-refractivity contribution is 7.92. The van der Waals surface area contributed by atoms with Crippen LogP contribution in [0.5, 0.6) is 11.5 Å². The third kappa shape index (κ3) is 7.17. The lowest BCUT2D eigenvalue weighted by Gasteiger charge is -2.17. The third-order valence-electron chi connectivity index (χ3n) is 4.27. The van der Waals surface area contributed by atoms with Crippen molar-refractivity contribution >= 4 is 27.4 Å². The second-order valence-corrected chi connectivity index (χ2v) is 9.11. The molecule has 1 aromatic heterocycles. The van der Waals surface area contributed by atoms with E-state index < -0.39 is 63.6 Å². The Morgan fingerprint density at radius 1 is 1.03 bits per heavy atom. The smallest absolute Gasteiger partial charge is 0.422 e. The third-order valence-corrected chi connectivity index (χ3v) is 5.92. The lowest BCUT2D eigenvalue weighted by Crippen LogP contribution is -2.22. The highest BCUT2D eigenvalue weighted by atomic mass is 35.5. The van der Waals surface area contributed by atoms with Crippen molar-refractivity contribution in [3.8, 4) is 23.3 Å². The molecule has 1 heterocycles. The molecule has 0 saturated carbocycles. The van der Waals surface area contributed by atoms with Crippen molar-refractivity contribution in [2.75, 3.05) is 17.9 Å². The number of hydrogen-bond acceptors (Lipinski definition) is 6. The normalized spacial score (nSPS) is 12.2. The monoisotopic (exact) mass is 572 g/mol. The summed E-state index contributed by atoms with van der Waals surface area (Å²) in [7, 11) is -4.96. The first-order valence-corrected chi connectivity index (χ1v) is 11.5. The zero-order valence-electron chi connectivity index (χ0n) is 17.9. The summed E-state index contributed by atoms with van der Waals surface area (Å²) in [4.78, 5) is -1.04. The summed E-state index contributed by atoms with van der Waals surface area (Å²) in [5.74, 6) is -2.88. The van der Waals surface area contributed by atoms with Crippen LogP contribution in [-0.2, 0) is 10.0 Å². The summed E-state index contributed by atoms with van der Waals surface area (Å²) < 4.78 is 127. The first-order chi connectivity index (χ1) is 17.1. The molecular weight excluding hydrogens is 561 g/mol. The Morgan fingerprint density at radius 2 is 1.68 bits per heavy atom.